The second-order valence-electron chi connectivity index (χ2n) is 12.0. The molecule has 2 N–H and O–H groups in total. The van der Waals surface area contributed by atoms with E-state index in [0.29, 0.717) is 23.6 Å². The van der Waals surface area contributed by atoms with Crippen molar-refractivity contribution in [2.75, 3.05) is 18.5 Å². The van der Waals surface area contributed by atoms with Crippen LogP contribution in [0.1, 0.15) is 71.0 Å². The average molecular weight is 675 g/mol. The summed E-state index contributed by atoms with van der Waals surface area (Å²) < 4.78 is 31.6. The predicted molar refractivity (Wildman–Crippen MR) is 191 cm³/mol. The van der Waals surface area contributed by atoms with Crippen molar-refractivity contribution in [1.29, 1.82) is 0 Å². The monoisotopic (exact) mass is 674 g/mol. The molecule has 1 aromatic heterocycles. The fourth-order valence-electron chi connectivity index (χ4n) is 6.28. The van der Waals surface area contributed by atoms with Crippen molar-refractivity contribution in [2.45, 2.75) is 50.4 Å². The van der Waals surface area contributed by atoms with Crippen LogP contribution in [0.15, 0.2) is 108 Å². The van der Waals surface area contributed by atoms with Crippen LogP contribution in [0.3, 0.4) is 0 Å². The van der Waals surface area contributed by atoms with E-state index in [1.807, 2.05) is 66.7 Å². The van der Waals surface area contributed by atoms with Gasteiger partial charge < -0.3 is 15.1 Å². The van der Waals surface area contributed by atoms with Crippen LogP contribution >= 0.6 is 0 Å². The molecule has 244 valence electrons. The van der Waals surface area contributed by atoms with Crippen molar-refractivity contribution in [3.63, 3.8) is 0 Å². The number of amides is 2. The van der Waals surface area contributed by atoms with Crippen molar-refractivity contribution in [3.8, 4) is 11.3 Å². The number of carbonyl (C=O) groups excluding carboxylic acids is 2. The topological polar surface area (TPSA) is 115 Å². The van der Waals surface area contributed by atoms with Crippen LogP contribution in [0.25, 0.3) is 22.3 Å². The molecule has 8 nitrogen and oxygen atoms in total. The van der Waals surface area contributed by atoms with Crippen molar-refractivity contribution in [2.24, 2.45) is 0 Å². The quantitative estimate of drug-likeness (QED) is 0.0768. The molecule has 1 aliphatic rings. The summed E-state index contributed by atoms with van der Waals surface area (Å²) in [4.78, 5) is 26.4. The minimum absolute atomic E-state index is 0. The van der Waals surface area contributed by atoms with Gasteiger partial charge in [0, 0.05) is 28.7 Å². The fraction of sp³-hybridized carbons (Fsp3) is 0.263. The van der Waals surface area contributed by atoms with Crippen LogP contribution in [0.2, 0.25) is 0 Å². The zero-order valence-corrected chi connectivity index (χ0v) is 26.9. The van der Waals surface area contributed by atoms with E-state index in [0.717, 1.165) is 33.4 Å². The van der Waals surface area contributed by atoms with E-state index in [4.69, 9.17) is 4.42 Å². The van der Waals surface area contributed by atoms with Gasteiger partial charge in [-0.05, 0) is 90.4 Å². The molecule has 1 heterocycles. The Labute approximate surface area is 304 Å². The van der Waals surface area contributed by atoms with Gasteiger partial charge in [-0.3, -0.25) is 13.8 Å². The number of fused-ring (bicyclic) bond motifs is 1. The summed E-state index contributed by atoms with van der Waals surface area (Å²) in [5, 5.41) is 6.80. The average Bonchev–Trinajstić information content (AvgIpc) is 3.54. The van der Waals surface area contributed by atoms with Crippen LogP contribution in [0, 0.1) is 0 Å². The number of thiol groups is 1. The van der Waals surface area contributed by atoms with Crippen LogP contribution < -0.4 is 10.6 Å². The van der Waals surface area contributed by atoms with E-state index in [1.54, 1.807) is 12.1 Å². The second-order valence-corrected chi connectivity index (χ2v) is 12.7. The number of para-hydroxylation sites is 1. The van der Waals surface area contributed by atoms with E-state index in [1.165, 1.54) is 37.7 Å². The zero-order chi connectivity index (χ0) is 32.6. The maximum absolute atomic E-state index is 13.9. The number of anilines is 1. The first kappa shape index (κ1) is 35.6. The van der Waals surface area contributed by atoms with Gasteiger partial charge in [0.2, 0.25) is 5.91 Å². The first-order valence-corrected chi connectivity index (χ1v) is 17.2. The van der Waals surface area contributed by atoms with Gasteiger partial charge in [0.15, 0.2) is 0 Å². The first-order valence-electron chi connectivity index (χ1n) is 16.1. The molecule has 0 spiro atoms. The van der Waals surface area contributed by atoms with Crippen molar-refractivity contribution >= 4 is 69.0 Å². The molecular weight excluding hydrogens is 635 g/mol. The Morgan fingerprint density at radius 3 is 2.25 bits per heavy atom. The number of hydrogen-bond acceptors (Lipinski definition) is 6. The number of carbonyl (C=O) groups is 2. The van der Waals surface area contributed by atoms with Crippen molar-refractivity contribution in [3.05, 3.63) is 125 Å². The Kier molecular flexibility index (Phi) is 12.7. The number of furan rings is 1. The van der Waals surface area contributed by atoms with Crippen molar-refractivity contribution in [1.82, 2.24) is 5.32 Å². The molecule has 1 atom stereocenters. The SMILES string of the molecule is O=C(NCCO[SH](=O)=O)c1ccc(CC(C(=O)Nc2ccc(-c3cc4ccccc4o3)cc2)c2ccc(C3CCCCC3)cc2)cc1.[NaH]. The summed E-state index contributed by atoms with van der Waals surface area (Å²) >= 11 is 0. The molecule has 5 aromatic rings. The van der Waals surface area contributed by atoms with Gasteiger partial charge in [-0.15, -0.1) is 0 Å². The standard InChI is InChI=1S/C38H38N2O6S.Na.H/c41-37(39-22-23-45-47(43)44)31-12-10-26(11-13-31)24-34(29-16-14-28(15-17-29)27-6-2-1-3-7-27)38(42)40-33-20-18-30(19-21-33)36-25-32-8-4-5-9-35(32)46-36;;/h4-5,8-21,25,27,34,47H,1-3,6-7,22-24H2,(H,39,41)(H,40,42);;. The van der Waals surface area contributed by atoms with Crippen molar-refractivity contribution < 1.29 is 26.6 Å². The summed E-state index contributed by atoms with van der Waals surface area (Å²) in [7, 11) is -2.95. The fourth-order valence-corrected chi connectivity index (χ4v) is 6.52. The minimum atomic E-state index is -2.95. The zero-order valence-electron chi connectivity index (χ0n) is 26.0. The molecule has 1 saturated carbocycles. The van der Waals surface area contributed by atoms with Crippen LogP contribution in [-0.2, 0) is 26.4 Å². The third-order valence-corrected chi connectivity index (χ3v) is 9.23. The molecular formula is C38H39N2NaO6S. The first-order chi connectivity index (χ1) is 22.9. The molecule has 0 bridgehead atoms. The van der Waals surface area contributed by atoms with E-state index in [2.05, 4.69) is 39.1 Å². The van der Waals surface area contributed by atoms with E-state index in [9.17, 15) is 18.0 Å². The molecule has 0 aliphatic heterocycles. The van der Waals surface area contributed by atoms with E-state index < -0.39 is 16.9 Å². The summed E-state index contributed by atoms with van der Waals surface area (Å²) in [6, 6.07) is 33.2. The Morgan fingerprint density at radius 2 is 1.56 bits per heavy atom. The van der Waals surface area contributed by atoms with Gasteiger partial charge in [0.1, 0.15) is 11.3 Å². The van der Waals surface area contributed by atoms with Gasteiger partial charge in [0.25, 0.3) is 16.9 Å². The number of nitrogens with one attached hydrogen (secondary N) is 2. The molecule has 4 aromatic carbocycles. The Hall–Kier alpha value is -3.73. The molecule has 0 radical (unpaired) electrons. The molecule has 10 heteroatoms. The Morgan fingerprint density at radius 1 is 0.854 bits per heavy atom. The van der Waals surface area contributed by atoms with Gasteiger partial charge in [-0.25, -0.2) is 8.42 Å². The third-order valence-electron chi connectivity index (χ3n) is 8.83. The van der Waals surface area contributed by atoms with Crippen LogP contribution in [0.5, 0.6) is 0 Å². The van der Waals surface area contributed by atoms with Gasteiger partial charge >= 0.3 is 29.6 Å². The van der Waals surface area contributed by atoms with E-state index in [-0.39, 0.29) is 54.5 Å². The Bertz CT molecular complexity index is 1860. The predicted octanol–water partition coefficient (Wildman–Crippen LogP) is 6.74. The maximum atomic E-state index is 13.9. The number of hydrogen-bond donors (Lipinski definition) is 3. The molecule has 0 saturated heterocycles. The number of rotatable bonds is 12. The van der Waals surface area contributed by atoms with Gasteiger partial charge in [-0.1, -0.05) is 73.9 Å². The molecule has 1 fully saturated rings. The van der Waals surface area contributed by atoms with E-state index >= 15 is 0 Å². The molecule has 6 rings (SSSR count). The van der Waals surface area contributed by atoms with Crippen LogP contribution in [0.4, 0.5) is 5.69 Å². The Balaban J connectivity index is 0.00000451. The summed E-state index contributed by atoms with van der Waals surface area (Å²) in [5.41, 5.74) is 6.04. The van der Waals surface area contributed by atoms with Crippen LogP contribution in [-0.4, -0.2) is 62.9 Å². The van der Waals surface area contributed by atoms with Gasteiger partial charge in [0.05, 0.1) is 12.5 Å². The van der Waals surface area contributed by atoms with Gasteiger partial charge in [-0.2, -0.15) is 0 Å². The summed E-state index contributed by atoms with van der Waals surface area (Å²) in [6.45, 7) is -0.0518. The molecule has 48 heavy (non-hydrogen) atoms. The molecule has 1 unspecified atom stereocenters. The normalized spacial score (nSPS) is 13.9. The summed E-state index contributed by atoms with van der Waals surface area (Å²) in [6.07, 6.45) is 6.68. The second kappa shape index (κ2) is 17.1. The molecule has 2 amide bonds. The molecule has 1 aliphatic carbocycles. The number of benzene rings is 4. The summed E-state index contributed by atoms with van der Waals surface area (Å²) in [5.74, 6) is 0.426. The third kappa shape index (κ3) is 9.24.